The summed E-state index contributed by atoms with van der Waals surface area (Å²) in [5, 5.41) is 1.37. The Hall–Kier alpha value is -2.54. The summed E-state index contributed by atoms with van der Waals surface area (Å²) in [5.74, 6) is 0. The number of nitrogens with two attached hydrogens (primary N) is 1. The number of urea groups is 1. The minimum Gasteiger partial charge on any atom is -0.447 e. The highest BCUT2D eigenvalue weighted by Crippen LogP contribution is 2.43. The van der Waals surface area contributed by atoms with Crippen molar-refractivity contribution < 1.29 is 19.2 Å². The van der Waals surface area contributed by atoms with E-state index < -0.39 is 6.09 Å². The van der Waals surface area contributed by atoms with Gasteiger partial charge in [-0.15, -0.1) is 6.58 Å². The number of benzene rings is 1. The third kappa shape index (κ3) is 2.29. The van der Waals surface area contributed by atoms with Gasteiger partial charge in [-0.2, -0.15) is 5.06 Å². The van der Waals surface area contributed by atoms with Crippen LogP contribution in [0, 0.1) is 0 Å². The van der Waals surface area contributed by atoms with Crippen molar-refractivity contribution in [3.05, 3.63) is 48.0 Å². The second kappa shape index (κ2) is 5.69. The van der Waals surface area contributed by atoms with E-state index in [1.54, 1.807) is 11.0 Å². The molecule has 0 aliphatic carbocycles. The molecule has 116 valence electrons. The molecule has 1 aromatic rings. The lowest BCUT2D eigenvalue weighted by Crippen LogP contribution is -2.37. The predicted octanol–water partition coefficient (Wildman–Crippen LogP) is 1.73. The Morgan fingerprint density at radius 1 is 1.41 bits per heavy atom. The van der Waals surface area contributed by atoms with E-state index in [2.05, 4.69) is 6.58 Å². The Labute approximate surface area is 127 Å². The van der Waals surface area contributed by atoms with Gasteiger partial charge in [-0.3, -0.25) is 4.84 Å². The van der Waals surface area contributed by atoms with E-state index in [-0.39, 0.29) is 31.3 Å². The molecule has 1 fully saturated rings. The summed E-state index contributed by atoms with van der Waals surface area (Å²) in [7, 11) is 0. The fourth-order valence-corrected chi connectivity index (χ4v) is 2.99. The number of primary amides is 1. The first-order valence-electron chi connectivity index (χ1n) is 6.98. The van der Waals surface area contributed by atoms with E-state index in [9.17, 15) is 9.59 Å². The molecule has 2 N–H and O–H groups in total. The van der Waals surface area contributed by atoms with Crippen molar-refractivity contribution in [1.29, 1.82) is 0 Å². The molecule has 3 rings (SSSR count). The molecule has 2 aliphatic heterocycles. The number of fused-ring (bicyclic) bond motifs is 4. The number of hydrogen-bond acceptors (Lipinski definition) is 4. The maximum atomic E-state index is 12.5. The van der Waals surface area contributed by atoms with E-state index >= 15 is 0 Å². The average molecular weight is 303 g/mol. The zero-order valence-electron chi connectivity index (χ0n) is 12.0. The Kier molecular flexibility index (Phi) is 3.72. The Morgan fingerprint density at radius 2 is 2.14 bits per heavy atom. The summed E-state index contributed by atoms with van der Waals surface area (Å²) < 4.78 is 4.92. The summed E-state index contributed by atoms with van der Waals surface area (Å²) in [5.41, 5.74) is 6.98. The van der Waals surface area contributed by atoms with Gasteiger partial charge < -0.3 is 15.4 Å². The number of hydroxylamine groups is 2. The van der Waals surface area contributed by atoms with E-state index in [0.717, 1.165) is 11.1 Å². The lowest BCUT2D eigenvalue weighted by atomic mass is 9.91. The number of nitrogens with zero attached hydrogens (tertiary/aromatic N) is 2. The Morgan fingerprint density at radius 3 is 2.82 bits per heavy atom. The molecule has 2 aliphatic rings. The van der Waals surface area contributed by atoms with Crippen molar-refractivity contribution in [2.24, 2.45) is 5.73 Å². The van der Waals surface area contributed by atoms with Gasteiger partial charge in [0.2, 0.25) is 0 Å². The van der Waals surface area contributed by atoms with Gasteiger partial charge in [0, 0.05) is 0 Å². The smallest absolute Gasteiger partial charge is 0.404 e. The summed E-state index contributed by atoms with van der Waals surface area (Å²) in [6.07, 6.45) is 0.732. The molecule has 0 aromatic heterocycles. The van der Waals surface area contributed by atoms with Crippen LogP contribution in [-0.4, -0.2) is 41.8 Å². The normalized spacial score (nSPS) is 22.5. The third-order valence-corrected chi connectivity index (χ3v) is 3.89. The third-order valence-electron chi connectivity index (χ3n) is 3.89. The molecule has 3 amide bonds. The SMILES string of the molecule is C=CCON1C(=O)N2CC1c1ccccc1C2COC(N)=O. The number of carbonyl (C=O) groups excluding carboxylic acids is 2. The summed E-state index contributed by atoms with van der Waals surface area (Å²) in [6, 6.07) is 6.90. The van der Waals surface area contributed by atoms with Crippen molar-refractivity contribution in [2.45, 2.75) is 12.1 Å². The maximum absolute atomic E-state index is 12.5. The molecule has 1 aromatic carbocycles. The molecular formula is C15H17N3O4. The second-order valence-corrected chi connectivity index (χ2v) is 5.14. The van der Waals surface area contributed by atoms with Gasteiger partial charge in [-0.1, -0.05) is 30.3 Å². The van der Waals surface area contributed by atoms with Gasteiger partial charge in [-0.05, 0) is 11.1 Å². The van der Waals surface area contributed by atoms with Crippen molar-refractivity contribution in [3.63, 3.8) is 0 Å². The average Bonchev–Trinajstić information content (AvgIpc) is 2.79. The van der Waals surface area contributed by atoms with E-state index in [1.165, 1.54) is 5.06 Å². The van der Waals surface area contributed by atoms with Crippen LogP contribution >= 0.6 is 0 Å². The minimum absolute atomic E-state index is 0.0279. The molecule has 0 radical (unpaired) electrons. The van der Waals surface area contributed by atoms with Crippen LogP contribution in [0.3, 0.4) is 0 Å². The number of hydrogen-bond donors (Lipinski definition) is 1. The van der Waals surface area contributed by atoms with Crippen molar-refractivity contribution in [2.75, 3.05) is 19.8 Å². The van der Waals surface area contributed by atoms with E-state index in [1.807, 2.05) is 24.3 Å². The van der Waals surface area contributed by atoms with Crippen LogP contribution in [0.25, 0.3) is 0 Å². The molecule has 2 bridgehead atoms. The summed E-state index contributed by atoms with van der Waals surface area (Å²) in [4.78, 5) is 30.6. The first kappa shape index (κ1) is 14.4. The molecule has 0 saturated carbocycles. The van der Waals surface area contributed by atoms with Crippen LogP contribution < -0.4 is 5.73 Å². The highest BCUT2D eigenvalue weighted by molar-refractivity contribution is 5.78. The molecule has 7 nitrogen and oxygen atoms in total. The number of carbonyl (C=O) groups is 2. The van der Waals surface area contributed by atoms with Gasteiger partial charge in [-0.25, -0.2) is 9.59 Å². The quantitative estimate of drug-likeness (QED) is 0.839. The monoisotopic (exact) mass is 303 g/mol. The Bertz CT molecular complexity index is 619. The standard InChI is InChI=1S/C15H17N3O4/c1-2-7-22-18-12-8-17(15(18)20)13(9-21-14(16)19)11-6-4-3-5-10(11)12/h2-6,12-13H,1,7-9H2,(H2,16,19). The zero-order chi connectivity index (χ0) is 15.7. The molecule has 2 heterocycles. The minimum atomic E-state index is -0.856. The van der Waals surface area contributed by atoms with Crippen LogP contribution in [0.4, 0.5) is 9.59 Å². The molecule has 2 atom stereocenters. The van der Waals surface area contributed by atoms with Crippen LogP contribution in [0.1, 0.15) is 23.2 Å². The van der Waals surface area contributed by atoms with E-state index in [4.69, 9.17) is 15.3 Å². The van der Waals surface area contributed by atoms with Crippen LogP contribution in [0.15, 0.2) is 36.9 Å². The fraction of sp³-hybridized carbons (Fsp3) is 0.333. The van der Waals surface area contributed by atoms with Crippen LogP contribution in [0.2, 0.25) is 0 Å². The molecule has 2 unspecified atom stereocenters. The van der Waals surface area contributed by atoms with Gasteiger partial charge >= 0.3 is 12.1 Å². The summed E-state index contributed by atoms with van der Waals surface area (Å²) >= 11 is 0. The van der Waals surface area contributed by atoms with Gasteiger partial charge in [0.1, 0.15) is 12.6 Å². The van der Waals surface area contributed by atoms with Crippen molar-refractivity contribution in [3.8, 4) is 0 Å². The highest BCUT2D eigenvalue weighted by atomic mass is 16.7. The first-order valence-corrected chi connectivity index (χ1v) is 6.98. The molecule has 7 heteroatoms. The lowest BCUT2D eigenvalue weighted by molar-refractivity contribution is -0.118. The number of ether oxygens (including phenoxy) is 1. The number of rotatable bonds is 5. The van der Waals surface area contributed by atoms with E-state index in [0.29, 0.717) is 6.54 Å². The lowest BCUT2D eigenvalue weighted by Gasteiger charge is -2.32. The number of amides is 3. The molecule has 0 spiro atoms. The first-order chi connectivity index (χ1) is 10.6. The van der Waals surface area contributed by atoms with Gasteiger partial charge in [0.05, 0.1) is 19.2 Å². The summed E-state index contributed by atoms with van der Waals surface area (Å²) in [6.45, 7) is 4.36. The molecular weight excluding hydrogens is 286 g/mol. The molecule has 1 saturated heterocycles. The van der Waals surface area contributed by atoms with Gasteiger partial charge in [0.25, 0.3) is 0 Å². The van der Waals surface area contributed by atoms with Gasteiger partial charge in [0.15, 0.2) is 0 Å². The van der Waals surface area contributed by atoms with Crippen molar-refractivity contribution >= 4 is 12.1 Å². The maximum Gasteiger partial charge on any atom is 0.404 e. The topological polar surface area (TPSA) is 85.1 Å². The second-order valence-electron chi connectivity index (χ2n) is 5.14. The largest absolute Gasteiger partial charge is 0.447 e. The predicted molar refractivity (Wildman–Crippen MR) is 77.5 cm³/mol. The van der Waals surface area contributed by atoms with Crippen molar-refractivity contribution in [1.82, 2.24) is 9.96 Å². The van der Waals surface area contributed by atoms with Crippen LogP contribution in [-0.2, 0) is 9.57 Å². The van der Waals surface area contributed by atoms with Crippen LogP contribution in [0.5, 0.6) is 0 Å². The molecule has 22 heavy (non-hydrogen) atoms. The fourth-order valence-electron chi connectivity index (χ4n) is 2.99. The Balaban J connectivity index is 1.94. The zero-order valence-corrected chi connectivity index (χ0v) is 12.0. The highest BCUT2D eigenvalue weighted by Gasteiger charge is 2.48.